The number of carbonyl (C=O) groups is 2. The maximum Gasteiger partial charge on any atom is 0.251 e. The van der Waals surface area contributed by atoms with Crippen LogP contribution in [-0.4, -0.2) is 42.4 Å². The molecule has 0 unspecified atom stereocenters. The molecule has 8 heteroatoms. The standard InChI is InChI=1S/C23H25FN4O2S/c24-16-6-4-15(5-7-16)22(30)26-17-8-11-28(12-9-17)13-10-21(29)27-23-19(14-25)18-2-1-3-20(18)31-23/h4-7,17H,1-3,8-13H2,(H,26,30)(H,27,29). The third kappa shape index (κ3) is 5.12. The van der Waals surface area contributed by atoms with Gasteiger partial charge in [0.25, 0.3) is 5.91 Å². The fourth-order valence-corrected chi connectivity index (χ4v) is 5.49. The molecular formula is C23H25FN4O2S. The summed E-state index contributed by atoms with van der Waals surface area (Å²) in [6, 6.07) is 7.87. The van der Waals surface area contributed by atoms with Crippen molar-refractivity contribution in [3.63, 3.8) is 0 Å². The van der Waals surface area contributed by atoms with E-state index in [1.54, 1.807) is 0 Å². The lowest BCUT2D eigenvalue weighted by molar-refractivity contribution is -0.116. The van der Waals surface area contributed by atoms with Gasteiger partial charge in [-0.25, -0.2) is 4.39 Å². The highest BCUT2D eigenvalue weighted by Crippen LogP contribution is 2.38. The molecule has 1 aromatic heterocycles. The number of anilines is 1. The Balaban J connectivity index is 1.20. The predicted octanol–water partition coefficient (Wildman–Crippen LogP) is 3.47. The van der Waals surface area contributed by atoms with E-state index in [0.29, 0.717) is 29.1 Å². The molecule has 0 saturated carbocycles. The third-order valence-corrected chi connectivity index (χ3v) is 7.18. The molecule has 6 nitrogen and oxygen atoms in total. The van der Waals surface area contributed by atoms with Crippen molar-refractivity contribution in [1.29, 1.82) is 5.26 Å². The molecule has 2 N–H and O–H groups in total. The van der Waals surface area contributed by atoms with Crippen LogP contribution in [0.2, 0.25) is 0 Å². The predicted molar refractivity (Wildman–Crippen MR) is 118 cm³/mol. The molecule has 1 aliphatic carbocycles. The fraction of sp³-hybridized carbons (Fsp3) is 0.435. The van der Waals surface area contributed by atoms with Gasteiger partial charge in [0.05, 0.1) is 5.56 Å². The minimum Gasteiger partial charge on any atom is -0.349 e. The number of hydrogen-bond donors (Lipinski definition) is 2. The van der Waals surface area contributed by atoms with Crippen LogP contribution in [0, 0.1) is 17.1 Å². The van der Waals surface area contributed by atoms with Crippen molar-refractivity contribution in [2.24, 2.45) is 0 Å². The second-order valence-electron chi connectivity index (χ2n) is 8.07. The minimum atomic E-state index is -0.360. The number of benzene rings is 1. The van der Waals surface area contributed by atoms with Gasteiger partial charge in [0.15, 0.2) is 0 Å². The molecule has 0 atom stereocenters. The van der Waals surface area contributed by atoms with E-state index in [9.17, 15) is 19.2 Å². The lowest BCUT2D eigenvalue weighted by atomic mass is 10.0. The van der Waals surface area contributed by atoms with Gasteiger partial charge in [-0.2, -0.15) is 5.26 Å². The van der Waals surface area contributed by atoms with Crippen LogP contribution in [-0.2, 0) is 17.6 Å². The number of thiophene rings is 1. The number of rotatable bonds is 6. The summed E-state index contributed by atoms with van der Waals surface area (Å²) in [4.78, 5) is 28.1. The lowest BCUT2D eigenvalue weighted by Crippen LogP contribution is -2.45. The summed E-state index contributed by atoms with van der Waals surface area (Å²) in [7, 11) is 0. The molecule has 1 saturated heterocycles. The molecule has 1 aromatic carbocycles. The van der Waals surface area contributed by atoms with Gasteiger partial charge in [-0.3, -0.25) is 9.59 Å². The minimum absolute atomic E-state index is 0.0665. The Labute approximate surface area is 185 Å². The maximum absolute atomic E-state index is 13.0. The summed E-state index contributed by atoms with van der Waals surface area (Å²) in [6.45, 7) is 2.26. The summed E-state index contributed by atoms with van der Waals surface area (Å²) in [5.74, 6) is -0.613. The van der Waals surface area contributed by atoms with Gasteiger partial charge in [-0.05, 0) is 61.9 Å². The molecule has 2 aliphatic rings. The number of carbonyl (C=O) groups excluding carboxylic acids is 2. The first-order chi connectivity index (χ1) is 15.0. The topological polar surface area (TPSA) is 85.2 Å². The summed E-state index contributed by atoms with van der Waals surface area (Å²) >= 11 is 1.54. The van der Waals surface area contributed by atoms with Gasteiger partial charge in [0.1, 0.15) is 16.9 Å². The molecule has 31 heavy (non-hydrogen) atoms. The molecule has 1 fully saturated rings. The Kier molecular flexibility index (Phi) is 6.64. The van der Waals surface area contributed by atoms with Crippen molar-refractivity contribution in [2.45, 2.75) is 44.6 Å². The van der Waals surface area contributed by atoms with Crippen molar-refractivity contribution in [3.05, 3.63) is 51.7 Å². The molecule has 2 aromatic rings. The van der Waals surface area contributed by atoms with Gasteiger partial charge >= 0.3 is 0 Å². The summed E-state index contributed by atoms with van der Waals surface area (Å²) in [5.41, 5.74) is 2.22. The van der Waals surface area contributed by atoms with Crippen LogP contribution in [0.15, 0.2) is 24.3 Å². The zero-order valence-corrected chi connectivity index (χ0v) is 18.1. The van der Waals surface area contributed by atoms with E-state index in [-0.39, 0.29) is 23.7 Å². The summed E-state index contributed by atoms with van der Waals surface area (Å²) in [5, 5.41) is 16.1. The van der Waals surface area contributed by atoms with E-state index in [1.807, 2.05) is 0 Å². The average Bonchev–Trinajstić information content (AvgIpc) is 3.34. The zero-order chi connectivity index (χ0) is 21.8. The third-order valence-electron chi connectivity index (χ3n) is 5.97. The van der Waals surface area contributed by atoms with Crippen LogP contribution in [0.4, 0.5) is 9.39 Å². The Morgan fingerprint density at radius 3 is 2.65 bits per heavy atom. The van der Waals surface area contributed by atoms with Crippen LogP contribution in [0.25, 0.3) is 0 Å². The first-order valence-corrected chi connectivity index (χ1v) is 11.5. The molecule has 4 rings (SSSR count). The highest BCUT2D eigenvalue weighted by Gasteiger charge is 2.24. The van der Waals surface area contributed by atoms with Crippen LogP contribution in [0.5, 0.6) is 0 Å². The molecule has 2 heterocycles. The van der Waals surface area contributed by atoms with Crippen molar-refractivity contribution >= 4 is 28.2 Å². The largest absolute Gasteiger partial charge is 0.349 e. The highest BCUT2D eigenvalue weighted by molar-refractivity contribution is 7.16. The van der Waals surface area contributed by atoms with Crippen LogP contribution in [0.1, 0.15) is 52.0 Å². The normalized spacial score (nSPS) is 16.5. The summed E-state index contributed by atoms with van der Waals surface area (Å²) < 4.78 is 13.0. The maximum atomic E-state index is 13.0. The number of amides is 2. The van der Waals surface area contributed by atoms with Gasteiger partial charge in [-0.15, -0.1) is 11.3 Å². The van der Waals surface area contributed by atoms with E-state index in [4.69, 9.17) is 0 Å². The molecule has 0 spiro atoms. The van der Waals surface area contributed by atoms with E-state index >= 15 is 0 Å². The number of fused-ring (bicyclic) bond motifs is 1. The van der Waals surface area contributed by atoms with Crippen molar-refractivity contribution in [2.75, 3.05) is 25.0 Å². The second-order valence-corrected chi connectivity index (χ2v) is 9.17. The average molecular weight is 441 g/mol. The van der Waals surface area contributed by atoms with Gasteiger partial charge in [-0.1, -0.05) is 0 Å². The zero-order valence-electron chi connectivity index (χ0n) is 17.2. The molecule has 1 aliphatic heterocycles. The Morgan fingerprint density at radius 2 is 1.94 bits per heavy atom. The van der Waals surface area contributed by atoms with Crippen molar-refractivity contribution in [3.8, 4) is 6.07 Å². The van der Waals surface area contributed by atoms with E-state index in [0.717, 1.165) is 50.8 Å². The number of piperidine rings is 1. The van der Waals surface area contributed by atoms with Crippen LogP contribution < -0.4 is 10.6 Å². The highest BCUT2D eigenvalue weighted by atomic mass is 32.1. The number of halogens is 1. The Bertz CT molecular complexity index is 1000. The first kappa shape index (κ1) is 21.5. The number of hydrogen-bond acceptors (Lipinski definition) is 5. The lowest BCUT2D eigenvalue weighted by Gasteiger charge is -2.32. The molecule has 0 radical (unpaired) electrons. The monoisotopic (exact) mass is 440 g/mol. The van der Waals surface area contributed by atoms with Crippen LogP contribution in [0.3, 0.4) is 0 Å². The number of nitriles is 1. The molecule has 2 amide bonds. The number of likely N-dealkylation sites (tertiary alicyclic amines) is 1. The first-order valence-electron chi connectivity index (χ1n) is 10.7. The van der Waals surface area contributed by atoms with E-state index in [2.05, 4.69) is 21.6 Å². The van der Waals surface area contributed by atoms with Crippen molar-refractivity contribution in [1.82, 2.24) is 10.2 Å². The molecular weight excluding hydrogens is 415 g/mol. The van der Waals surface area contributed by atoms with Gasteiger partial charge in [0, 0.05) is 42.5 Å². The number of nitrogens with zero attached hydrogens (tertiary/aromatic N) is 2. The number of aryl methyl sites for hydroxylation is 1. The SMILES string of the molecule is N#Cc1c(NC(=O)CCN2CCC(NC(=O)c3ccc(F)cc3)CC2)sc2c1CCC2. The van der Waals surface area contributed by atoms with Crippen LogP contribution >= 0.6 is 11.3 Å². The van der Waals surface area contributed by atoms with Crippen molar-refractivity contribution < 1.29 is 14.0 Å². The smallest absolute Gasteiger partial charge is 0.251 e. The molecule has 0 bridgehead atoms. The Hall–Kier alpha value is -2.76. The quantitative estimate of drug-likeness (QED) is 0.720. The van der Waals surface area contributed by atoms with E-state index < -0.39 is 0 Å². The van der Waals surface area contributed by atoms with Gasteiger partial charge in [0.2, 0.25) is 5.91 Å². The summed E-state index contributed by atoms with van der Waals surface area (Å²) in [6.07, 6.45) is 5.01. The second kappa shape index (κ2) is 9.58. The number of nitrogens with one attached hydrogen (secondary N) is 2. The van der Waals surface area contributed by atoms with E-state index in [1.165, 1.54) is 40.5 Å². The fourth-order valence-electron chi connectivity index (χ4n) is 4.23. The van der Waals surface area contributed by atoms with Gasteiger partial charge < -0.3 is 15.5 Å². The molecule has 162 valence electrons. The Morgan fingerprint density at radius 1 is 1.19 bits per heavy atom.